The lowest BCUT2D eigenvalue weighted by molar-refractivity contribution is 0.139. The van der Waals surface area contributed by atoms with E-state index in [-0.39, 0.29) is 0 Å². The Morgan fingerprint density at radius 3 is 2.57 bits per heavy atom. The van der Waals surface area contributed by atoms with Crippen LogP contribution in [-0.4, -0.2) is 38.3 Å². The highest BCUT2D eigenvalue weighted by atomic mass is 16.5. The van der Waals surface area contributed by atoms with Crippen molar-refractivity contribution in [1.29, 1.82) is 0 Å². The summed E-state index contributed by atoms with van der Waals surface area (Å²) in [5.41, 5.74) is 1.50. The first kappa shape index (κ1) is 16.5. The van der Waals surface area contributed by atoms with Gasteiger partial charge in [0.05, 0.1) is 6.61 Å². The largest absolute Gasteiger partial charge is 0.383 e. The number of benzene rings is 1. The van der Waals surface area contributed by atoms with Gasteiger partial charge in [0.1, 0.15) is 0 Å². The van der Waals surface area contributed by atoms with Gasteiger partial charge in [0.15, 0.2) is 0 Å². The van der Waals surface area contributed by atoms with Crippen molar-refractivity contribution >= 4 is 0 Å². The highest BCUT2D eigenvalue weighted by Crippen LogP contribution is 2.31. The Balaban J connectivity index is 2.04. The summed E-state index contributed by atoms with van der Waals surface area (Å²) in [5, 5.41) is 0. The van der Waals surface area contributed by atoms with E-state index in [4.69, 9.17) is 4.74 Å². The van der Waals surface area contributed by atoms with E-state index in [2.05, 4.69) is 49.1 Å². The van der Waals surface area contributed by atoms with Crippen molar-refractivity contribution in [2.24, 2.45) is 5.92 Å². The molecule has 0 aromatic heterocycles. The van der Waals surface area contributed by atoms with Crippen molar-refractivity contribution < 1.29 is 4.74 Å². The van der Waals surface area contributed by atoms with Gasteiger partial charge in [0.2, 0.25) is 0 Å². The number of ether oxygens (including phenoxy) is 1. The summed E-state index contributed by atoms with van der Waals surface area (Å²) in [4.78, 5) is 2.61. The van der Waals surface area contributed by atoms with E-state index in [9.17, 15) is 0 Å². The Morgan fingerprint density at radius 1 is 1.14 bits per heavy atom. The fraction of sp³-hybridized carbons (Fsp3) is 0.632. The predicted octanol–water partition coefficient (Wildman–Crippen LogP) is 4.13. The van der Waals surface area contributed by atoms with Crippen LogP contribution in [0, 0.1) is 11.8 Å². The molecule has 2 atom stereocenters. The number of hydrogen-bond acceptors (Lipinski definition) is 2. The standard InChI is InChI=1S/C19H30NO/c1-16(2)13-17-9-10-19(18-7-5-4-6-8-18)15-20(14-17)11-12-21-3/h4-8,17,19H,9-15H2,1-3H3. The Morgan fingerprint density at radius 2 is 1.90 bits per heavy atom. The number of hydrogen-bond donors (Lipinski definition) is 0. The van der Waals surface area contributed by atoms with E-state index in [1.807, 2.05) is 0 Å². The zero-order valence-electron chi connectivity index (χ0n) is 13.8. The van der Waals surface area contributed by atoms with Crippen LogP contribution in [0.1, 0.15) is 44.6 Å². The van der Waals surface area contributed by atoms with Crippen LogP contribution in [0.3, 0.4) is 0 Å². The van der Waals surface area contributed by atoms with E-state index in [1.54, 1.807) is 13.0 Å². The Labute approximate surface area is 130 Å². The van der Waals surface area contributed by atoms with Crippen LogP contribution in [0.4, 0.5) is 0 Å². The molecule has 1 saturated heterocycles. The van der Waals surface area contributed by atoms with Crippen LogP contribution >= 0.6 is 0 Å². The summed E-state index contributed by atoms with van der Waals surface area (Å²) in [5.74, 6) is 3.04. The van der Waals surface area contributed by atoms with Crippen molar-refractivity contribution in [3.63, 3.8) is 0 Å². The lowest BCUT2D eigenvalue weighted by atomic mass is 9.89. The molecule has 0 N–H and O–H groups in total. The molecule has 0 bridgehead atoms. The van der Waals surface area contributed by atoms with Crippen molar-refractivity contribution in [3.8, 4) is 0 Å². The van der Waals surface area contributed by atoms with Crippen LogP contribution < -0.4 is 0 Å². The van der Waals surface area contributed by atoms with E-state index >= 15 is 0 Å². The molecule has 1 aliphatic rings. The minimum Gasteiger partial charge on any atom is -0.383 e. The lowest BCUT2D eigenvalue weighted by Crippen LogP contribution is -2.33. The molecule has 1 aromatic carbocycles. The van der Waals surface area contributed by atoms with Crippen molar-refractivity contribution in [1.82, 2.24) is 4.90 Å². The Hall–Kier alpha value is -0.860. The van der Waals surface area contributed by atoms with Crippen molar-refractivity contribution in [2.45, 2.75) is 39.0 Å². The molecule has 2 unspecified atom stereocenters. The molecule has 1 aliphatic heterocycles. The minimum absolute atomic E-state index is 0.671. The third-order valence-electron chi connectivity index (χ3n) is 4.50. The normalized spacial score (nSPS) is 24.2. The fourth-order valence-electron chi connectivity index (χ4n) is 3.52. The van der Waals surface area contributed by atoms with E-state index in [0.29, 0.717) is 5.92 Å². The average molecular weight is 288 g/mol. The minimum atomic E-state index is 0.671. The SMILES string of the molecule is COCCN1CC(C[C](C)C)CCC(c2ccccc2)C1. The number of rotatable bonds is 6. The lowest BCUT2D eigenvalue weighted by Gasteiger charge is -2.26. The first-order valence-corrected chi connectivity index (χ1v) is 8.24. The number of likely N-dealkylation sites (tertiary alicyclic amines) is 1. The maximum absolute atomic E-state index is 5.30. The van der Waals surface area contributed by atoms with Gasteiger partial charge in [0.25, 0.3) is 0 Å². The number of methoxy groups -OCH3 is 1. The molecule has 1 radical (unpaired) electrons. The maximum Gasteiger partial charge on any atom is 0.0589 e. The van der Waals surface area contributed by atoms with Gasteiger partial charge in [-0.1, -0.05) is 44.2 Å². The third kappa shape index (κ3) is 5.44. The van der Waals surface area contributed by atoms with Gasteiger partial charge in [-0.05, 0) is 42.6 Å². The molecule has 1 heterocycles. The van der Waals surface area contributed by atoms with Gasteiger partial charge in [-0.3, -0.25) is 0 Å². The fourth-order valence-corrected chi connectivity index (χ4v) is 3.52. The molecule has 1 fully saturated rings. The Bertz CT molecular complexity index is 390. The molecular formula is C19H30NO. The molecular weight excluding hydrogens is 258 g/mol. The molecule has 0 aliphatic carbocycles. The van der Waals surface area contributed by atoms with Gasteiger partial charge in [-0.25, -0.2) is 0 Å². The van der Waals surface area contributed by atoms with Gasteiger partial charge >= 0.3 is 0 Å². The van der Waals surface area contributed by atoms with E-state index in [0.717, 1.165) is 19.1 Å². The zero-order chi connectivity index (χ0) is 15.1. The zero-order valence-corrected chi connectivity index (χ0v) is 13.8. The second-order valence-electron chi connectivity index (χ2n) is 6.71. The summed E-state index contributed by atoms with van der Waals surface area (Å²) in [7, 11) is 1.80. The smallest absolute Gasteiger partial charge is 0.0589 e. The summed E-state index contributed by atoms with van der Waals surface area (Å²) < 4.78 is 5.30. The second kappa shape index (κ2) is 8.55. The first-order valence-electron chi connectivity index (χ1n) is 8.24. The summed E-state index contributed by atoms with van der Waals surface area (Å²) in [6.45, 7) is 8.81. The Kier molecular flexibility index (Phi) is 6.72. The topological polar surface area (TPSA) is 12.5 Å². The van der Waals surface area contributed by atoms with Crippen molar-refractivity contribution in [3.05, 3.63) is 41.8 Å². The van der Waals surface area contributed by atoms with Gasteiger partial charge in [0, 0.05) is 26.7 Å². The van der Waals surface area contributed by atoms with Crippen LogP contribution in [-0.2, 0) is 4.74 Å². The van der Waals surface area contributed by atoms with Crippen LogP contribution in [0.5, 0.6) is 0 Å². The molecule has 0 spiro atoms. The predicted molar refractivity (Wildman–Crippen MR) is 89.4 cm³/mol. The van der Waals surface area contributed by atoms with E-state index < -0.39 is 0 Å². The molecule has 2 nitrogen and oxygen atoms in total. The summed E-state index contributed by atoms with van der Waals surface area (Å²) in [6.07, 6.45) is 3.92. The maximum atomic E-state index is 5.30. The molecule has 0 saturated carbocycles. The van der Waals surface area contributed by atoms with Crippen molar-refractivity contribution in [2.75, 3.05) is 33.4 Å². The quantitative estimate of drug-likeness (QED) is 0.780. The molecule has 2 rings (SSSR count). The monoisotopic (exact) mass is 288 g/mol. The van der Waals surface area contributed by atoms with Gasteiger partial charge < -0.3 is 9.64 Å². The summed E-state index contributed by atoms with van der Waals surface area (Å²) >= 11 is 0. The molecule has 117 valence electrons. The molecule has 2 heteroatoms. The second-order valence-corrected chi connectivity index (χ2v) is 6.71. The van der Waals surface area contributed by atoms with Gasteiger partial charge in [-0.2, -0.15) is 0 Å². The van der Waals surface area contributed by atoms with Crippen LogP contribution in [0.2, 0.25) is 0 Å². The third-order valence-corrected chi connectivity index (χ3v) is 4.50. The van der Waals surface area contributed by atoms with Gasteiger partial charge in [-0.15, -0.1) is 0 Å². The highest BCUT2D eigenvalue weighted by molar-refractivity contribution is 5.20. The van der Waals surface area contributed by atoms with Crippen LogP contribution in [0.25, 0.3) is 0 Å². The summed E-state index contributed by atoms with van der Waals surface area (Å²) in [6, 6.07) is 11.0. The average Bonchev–Trinajstić information content (AvgIpc) is 2.68. The highest BCUT2D eigenvalue weighted by Gasteiger charge is 2.25. The molecule has 21 heavy (non-hydrogen) atoms. The van der Waals surface area contributed by atoms with Crippen LogP contribution in [0.15, 0.2) is 30.3 Å². The number of nitrogens with zero attached hydrogens (tertiary/aromatic N) is 1. The molecule has 0 amide bonds. The first-order chi connectivity index (χ1) is 10.2. The van der Waals surface area contributed by atoms with E-state index in [1.165, 1.54) is 37.9 Å². The molecule has 1 aromatic rings.